The van der Waals surface area contributed by atoms with Crippen LogP contribution in [0.1, 0.15) is 62.2 Å². The molecule has 0 aromatic carbocycles. The number of aromatic nitrogens is 2. The maximum absolute atomic E-state index is 12.8. The number of rotatable bonds is 3. The Hall–Kier alpha value is -1.30. The van der Waals surface area contributed by atoms with Crippen LogP contribution in [0.15, 0.2) is 9.95 Å². The van der Waals surface area contributed by atoms with Gasteiger partial charge < -0.3 is 5.32 Å². The molecule has 0 radical (unpaired) electrons. The standard InChI is InChI=1S/C17H23N3O2S/c21-15(18-11-5-1-2-6-11)9-12-10-23-17-19-14-8-4-3-7-13(14)16(22)20(12)17/h11-12H,1-10H2,(H,18,21). The maximum Gasteiger partial charge on any atom is 0.257 e. The third-order valence-electron chi connectivity index (χ3n) is 5.26. The number of hydrogen-bond donors (Lipinski definition) is 1. The Bertz CT molecular complexity index is 679. The molecule has 1 saturated carbocycles. The second-order valence-electron chi connectivity index (χ2n) is 6.92. The van der Waals surface area contributed by atoms with Crippen molar-refractivity contribution in [3.63, 3.8) is 0 Å². The monoisotopic (exact) mass is 333 g/mol. The van der Waals surface area contributed by atoms with Crippen LogP contribution in [0, 0.1) is 0 Å². The van der Waals surface area contributed by atoms with Gasteiger partial charge >= 0.3 is 0 Å². The zero-order valence-corrected chi connectivity index (χ0v) is 14.2. The number of nitrogens with zero attached hydrogens (tertiary/aromatic N) is 2. The van der Waals surface area contributed by atoms with Crippen LogP contribution in [0.2, 0.25) is 0 Å². The SMILES string of the molecule is O=C(CC1CSc2nc3c(c(=O)n21)CCCC3)NC1CCCC1. The molecule has 1 aromatic heterocycles. The number of fused-ring (bicyclic) bond motifs is 2. The molecule has 4 rings (SSSR count). The van der Waals surface area contributed by atoms with Crippen LogP contribution >= 0.6 is 11.8 Å². The summed E-state index contributed by atoms with van der Waals surface area (Å²) in [5, 5.41) is 3.95. The van der Waals surface area contributed by atoms with Gasteiger partial charge in [-0.15, -0.1) is 0 Å². The highest BCUT2D eigenvalue weighted by Crippen LogP contribution is 2.33. The number of thioether (sulfide) groups is 1. The molecule has 23 heavy (non-hydrogen) atoms. The lowest BCUT2D eigenvalue weighted by atomic mass is 9.97. The van der Waals surface area contributed by atoms with Gasteiger partial charge in [-0.2, -0.15) is 0 Å². The van der Waals surface area contributed by atoms with E-state index in [1.807, 2.05) is 0 Å². The van der Waals surface area contributed by atoms with Gasteiger partial charge in [0.2, 0.25) is 5.91 Å². The van der Waals surface area contributed by atoms with Gasteiger partial charge in [-0.25, -0.2) is 4.98 Å². The Labute approximate surface area is 140 Å². The summed E-state index contributed by atoms with van der Waals surface area (Å²) in [5.41, 5.74) is 1.99. The van der Waals surface area contributed by atoms with Crippen molar-refractivity contribution in [1.82, 2.24) is 14.9 Å². The molecule has 124 valence electrons. The van der Waals surface area contributed by atoms with E-state index in [0.717, 1.165) is 60.7 Å². The largest absolute Gasteiger partial charge is 0.353 e. The number of carbonyl (C=O) groups excluding carboxylic acids is 1. The third kappa shape index (κ3) is 2.93. The van der Waals surface area contributed by atoms with Crippen molar-refractivity contribution in [2.75, 3.05) is 5.75 Å². The first kappa shape index (κ1) is 15.2. The average Bonchev–Trinajstić information content (AvgIpc) is 3.18. The van der Waals surface area contributed by atoms with Gasteiger partial charge in [0.05, 0.1) is 11.7 Å². The van der Waals surface area contributed by atoms with Crippen molar-refractivity contribution < 1.29 is 4.79 Å². The van der Waals surface area contributed by atoms with Crippen LogP contribution in [0.4, 0.5) is 0 Å². The topological polar surface area (TPSA) is 64.0 Å². The summed E-state index contributed by atoms with van der Waals surface area (Å²) in [6, 6.07) is 0.304. The minimum atomic E-state index is -0.0383. The lowest BCUT2D eigenvalue weighted by molar-refractivity contribution is -0.122. The summed E-state index contributed by atoms with van der Waals surface area (Å²) in [4.78, 5) is 29.8. The number of aryl methyl sites for hydroxylation is 1. The fraction of sp³-hybridized carbons (Fsp3) is 0.706. The van der Waals surface area contributed by atoms with Crippen molar-refractivity contribution in [3.05, 3.63) is 21.6 Å². The molecule has 1 aromatic rings. The smallest absolute Gasteiger partial charge is 0.257 e. The molecule has 0 saturated heterocycles. The summed E-state index contributed by atoms with van der Waals surface area (Å²) >= 11 is 1.62. The Morgan fingerprint density at radius 1 is 1.22 bits per heavy atom. The maximum atomic E-state index is 12.8. The Balaban J connectivity index is 1.53. The van der Waals surface area contributed by atoms with Crippen LogP contribution in [-0.4, -0.2) is 27.3 Å². The predicted molar refractivity (Wildman–Crippen MR) is 89.9 cm³/mol. The highest BCUT2D eigenvalue weighted by Gasteiger charge is 2.31. The van der Waals surface area contributed by atoms with E-state index in [1.165, 1.54) is 12.8 Å². The molecule has 1 aliphatic heterocycles. The zero-order chi connectivity index (χ0) is 15.8. The van der Waals surface area contributed by atoms with Crippen molar-refractivity contribution in [1.29, 1.82) is 0 Å². The molecule has 1 fully saturated rings. The van der Waals surface area contributed by atoms with Crippen LogP contribution in [0.5, 0.6) is 0 Å². The van der Waals surface area contributed by atoms with Crippen molar-refractivity contribution >= 4 is 17.7 Å². The molecule has 6 heteroatoms. The van der Waals surface area contributed by atoms with Gasteiger partial charge in [-0.1, -0.05) is 24.6 Å². The quantitative estimate of drug-likeness (QED) is 0.862. The lowest BCUT2D eigenvalue weighted by Crippen LogP contribution is -2.36. The second kappa shape index (κ2) is 6.30. The summed E-state index contributed by atoms with van der Waals surface area (Å²) < 4.78 is 1.79. The second-order valence-corrected chi connectivity index (χ2v) is 7.91. The lowest BCUT2D eigenvalue weighted by Gasteiger charge is -2.19. The molecule has 2 heterocycles. The molecule has 1 unspecified atom stereocenters. The molecule has 0 bridgehead atoms. The number of carbonyl (C=O) groups is 1. The Morgan fingerprint density at radius 3 is 2.83 bits per heavy atom. The number of amides is 1. The molecule has 1 N–H and O–H groups in total. The number of hydrogen-bond acceptors (Lipinski definition) is 4. The zero-order valence-electron chi connectivity index (χ0n) is 13.3. The van der Waals surface area contributed by atoms with Crippen molar-refractivity contribution in [2.24, 2.45) is 0 Å². The molecule has 1 atom stereocenters. The molecular weight excluding hydrogens is 310 g/mol. The van der Waals surface area contributed by atoms with E-state index < -0.39 is 0 Å². The first-order chi connectivity index (χ1) is 11.2. The third-order valence-corrected chi connectivity index (χ3v) is 6.36. The Kier molecular flexibility index (Phi) is 4.18. The minimum absolute atomic E-state index is 0.0383. The van der Waals surface area contributed by atoms with E-state index in [4.69, 9.17) is 4.98 Å². The molecule has 1 amide bonds. The van der Waals surface area contributed by atoms with E-state index in [1.54, 1.807) is 16.3 Å². The van der Waals surface area contributed by atoms with Gasteiger partial charge in [-0.3, -0.25) is 14.2 Å². The van der Waals surface area contributed by atoms with Gasteiger partial charge in [-0.05, 0) is 38.5 Å². The van der Waals surface area contributed by atoms with Crippen molar-refractivity contribution in [2.45, 2.75) is 75.0 Å². The molecule has 5 nitrogen and oxygen atoms in total. The average molecular weight is 333 g/mol. The minimum Gasteiger partial charge on any atom is -0.353 e. The van der Waals surface area contributed by atoms with Gasteiger partial charge in [0, 0.05) is 23.8 Å². The van der Waals surface area contributed by atoms with Crippen LogP contribution in [0.25, 0.3) is 0 Å². The summed E-state index contributed by atoms with van der Waals surface area (Å²) in [6.07, 6.45) is 8.97. The molecule has 2 aliphatic carbocycles. The van der Waals surface area contributed by atoms with Gasteiger partial charge in [0.15, 0.2) is 5.16 Å². The van der Waals surface area contributed by atoms with Crippen LogP contribution < -0.4 is 10.9 Å². The van der Waals surface area contributed by atoms with Gasteiger partial charge in [0.25, 0.3) is 5.56 Å². The van der Waals surface area contributed by atoms with E-state index in [2.05, 4.69) is 5.32 Å². The van der Waals surface area contributed by atoms with E-state index >= 15 is 0 Å². The normalized spacial score (nSPS) is 23.6. The van der Waals surface area contributed by atoms with E-state index in [0.29, 0.717) is 12.5 Å². The van der Waals surface area contributed by atoms with E-state index in [9.17, 15) is 9.59 Å². The van der Waals surface area contributed by atoms with Gasteiger partial charge in [0.1, 0.15) is 0 Å². The predicted octanol–water partition coefficient (Wildman–Crippen LogP) is 2.22. The highest BCUT2D eigenvalue weighted by atomic mass is 32.2. The number of nitrogens with one attached hydrogen (secondary N) is 1. The summed E-state index contributed by atoms with van der Waals surface area (Å²) in [5.74, 6) is 0.864. The van der Waals surface area contributed by atoms with E-state index in [-0.39, 0.29) is 17.5 Å². The highest BCUT2D eigenvalue weighted by molar-refractivity contribution is 7.99. The molecular formula is C17H23N3O2S. The molecule has 3 aliphatic rings. The first-order valence-corrected chi connectivity index (χ1v) is 9.77. The van der Waals surface area contributed by atoms with Crippen LogP contribution in [-0.2, 0) is 17.6 Å². The fourth-order valence-electron chi connectivity index (χ4n) is 4.03. The van der Waals surface area contributed by atoms with Crippen molar-refractivity contribution in [3.8, 4) is 0 Å². The molecule has 0 spiro atoms. The van der Waals surface area contributed by atoms with Crippen LogP contribution in [0.3, 0.4) is 0 Å². The summed E-state index contributed by atoms with van der Waals surface area (Å²) in [7, 11) is 0. The fourth-order valence-corrected chi connectivity index (χ4v) is 5.19. The Morgan fingerprint density at radius 2 is 2.00 bits per heavy atom. The first-order valence-electron chi connectivity index (χ1n) is 8.79. The summed E-state index contributed by atoms with van der Waals surface area (Å²) in [6.45, 7) is 0.